The Labute approximate surface area is 80.8 Å². The standard InChI is InChI=1S/C8H13IO2/c1-8(2)6(3-4-9)5-7(10)11-8/h6H,3-5H2,1-2H3/t6-/m1/s1. The smallest absolute Gasteiger partial charge is 0.306 e. The van der Waals surface area contributed by atoms with Gasteiger partial charge in [0.05, 0.1) is 6.42 Å². The van der Waals surface area contributed by atoms with Crippen molar-refractivity contribution in [2.45, 2.75) is 32.3 Å². The van der Waals surface area contributed by atoms with Crippen LogP contribution in [0.25, 0.3) is 0 Å². The van der Waals surface area contributed by atoms with Gasteiger partial charge in [-0.2, -0.15) is 0 Å². The number of ether oxygens (including phenoxy) is 1. The maximum Gasteiger partial charge on any atom is 0.306 e. The molecule has 0 radical (unpaired) electrons. The molecule has 1 fully saturated rings. The van der Waals surface area contributed by atoms with E-state index in [-0.39, 0.29) is 11.6 Å². The summed E-state index contributed by atoms with van der Waals surface area (Å²) in [4.78, 5) is 10.9. The van der Waals surface area contributed by atoms with Crippen LogP contribution in [0, 0.1) is 5.92 Å². The molecular formula is C8H13IO2. The van der Waals surface area contributed by atoms with E-state index in [9.17, 15) is 4.79 Å². The third kappa shape index (κ3) is 2.07. The van der Waals surface area contributed by atoms with E-state index in [0.717, 1.165) is 10.8 Å². The summed E-state index contributed by atoms with van der Waals surface area (Å²) in [6, 6.07) is 0. The van der Waals surface area contributed by atoms with Crippen molar-refractivity contribution in [2.24, 2.45) is 5.92 Å². The number of hydrogen-bond acceptors (Lipinski definition) is 2. The normalized spacial score (nSPS) is 28.6. The van der Waals surface area contributed by atoms with Gasteiger partial charge in [0.25, 0.3) is 0 Å². The number of esters is 1. The van der Waals surface area contributed by atoms with Gasteiger partial charge in [0, 0.05) is 5.92 Å². The monoisotopic (exact) mass is 268 g/mol. The van der Waals surface area contributed by atoms with Crippen LogP contribution in [-0.2, 0) is 9.53 Å². The topological polar surface area (TPSA) is 26.3 Å². The highest BCUT2D eigenvalue weighted by Crippen LogP contribution is 2.34. The number of alkyl halides is 1. The lowest BCUT2D eigenvalue weighted by Crippen LogP contribution is -2.27. The molecule has 3 heteroatoms. The molecule has 1 heterocycles. The fourth-order valence-corrected chi connectivity index (χ4v) is 2.20. The van der Waals surface area contributed by atoms with Gasteiger partial charge in [-0.05, 0) is 24.7 Å². The van der Waals surface area contributed by atoms with E-state index < -0.39 is 0 Å². The van der Waals surface area contributed by atoms with Crippen molar-refractivity contribution in [3.8, 4) is 0 Å². The predicted octanol–water partition coefficient (Wildman–Crippen LogP) is 2.15. The van der Waals surface area contributed by atoms with Gasteiger partial charge in [-0.15, -0.1) is 0 Å². The Morgan fingerprint density at radius 2 is 2.36 bits per heavy atom. The summed E-state index contributed by atoms with van der Waals surface area (Å²) in [5, 5.41) is 0. The van der Waals surface area contributed by atoms with Gasteiger partial charge in [0.1, 0.15) is 5.60 Å². The molecule has 0 aliphatic carbocycles. The Bertz CT molecular complexity index is 165. The molecule has 1 atom stereocenters. The number of carbonyl (C=O) groups is 1. The summed E-state index contributed by atoms with van der Waals surface area (Å²) in [7, 11) is 0. The number of carbonyl (C=O) groups excluding carboxylic acids is 1. The van der Waals surface area contributed by atoms with Crippen molar-refractivity contribution in [2.75, 3.05) is 4.43 Å². The minimum absolute atomic E-state index is 0.0372. The average molecular weight is 268 g/mol. The Kier molecular flexibility index (Phi) is 2.78. The SMILES string of the molecule is CC1(C)OC(=O)C[C@H]1CCI. The summed E-state index contributed by atoms with van der Waals surface area (Å²) >= 11 is 2.33. The van der Waals surface area contributed by atoms with Crippen LogP contribution in [0.15, 0.2) is 0 Å². The zero-order valence-corrected chi connectivity index (χ0v) is 9.05. The summed E-state index contributed by atoms with van der Waals surface area (Å²) in [5.74, 6) is 0.386. The molecule has 0 unspecified atom stereocenters. The van der Waals surface area contributed by atoms with Crippen LogP contribution in [-0.4, -0.2) is 16.0 Å². The third-order valence-corrected chi connectivity index (χ3v) is 2.85. The molecule has 2 nitrogen and oxygen atoms in total. The van der Waals surface area contributed by atoms with Crippen LogP contribution < -0.4 is 0 Å². The largest absolute Gasteiger partial charge is 0.459 e. The lowest BCUT2D eigenvalue weighted by molar-refractivity contribution is -0.146. The predicted molar refractivity (Wildman–Crippen MR) is 51.8 cm³/mol. The van der Waals surface area contributed by atoms with Crippen LogP contribution in [0.2, 0.25) is 0 Å². The van der Waals surface area contributed by atoms with E-state index in [0.29, 0.717) is 12.3 Å². The highest BCUT2D eigenvalue weighted by Gasteiger charge is 2.40. The molecule has 0 aromatic heterocycles. The second kappa shape index (κ2) is 3.29. The zero-order valence-electron chi connectivity index (χ0n) is 6.89. The lowest BCUT2D eigenvalue weighted by Gasteiger charge is -2.23. The van der Waals surface area contributed by atoms with Gasteiger partial charge < -0.3 is 4.74 Å². The van der Waals surface area contributed by atoms with Crippen molar-refractivity contribution in [1.82, 2.24) is 0 Å². The van der Waals surface area contributed by atoms with Gasteiger partial charge in [-0.25, -0.2) is 0 Å². The van der Waals surface area contributed by atoms with Gasteiger partial charge >= 0.3 is 5.97 Å². The first-order valence-electron chi connectivity index (χ1n) is 3.84. The maximum atomic E-state index is 10.9. The van der Waals surface area contributed by atoms with Gasteiger partial charge in [-0.3, -0.25) is 4.79 Å². The first-order chi connectivity index (χ1) is 5.06. The number of rotatable bonds is 2. The molecule has 0 spiro atoms. The molecule has 64 valence electrons. The summed E-state index contributed by atoms with van der Waals surface area (Å²) < 4.78 is 6.27. The minimum atomic E-state index is -0.220. The first-order valence-corrected chi connectivity index (χ1v) is 5.36. The van der Waals surface area contributed by atoms with Crippen molar-refractivity contribution >= 4 is 28.6 Å². The molecule has 0 bridgehead atoms. The van der Waals surface area contributed by atoms with Crippen molar-refractivity contribution in [3.63, 3.8) is 0 Å². The fraction of sp³-hybridized carbons (Fsp3) is 0.875. The second-order valence-electron chi connectivity index (χ2n) is 3.46. The van der Waals surface area contributed by atoms with Crippen molar-refractivity contribution in [3.05, 3.63) is 0 Å². The Morgan fingerprint density at radius 1 is 1.73 bits per heavy atom. The van der Waals surface area contributed by atoms with E-state index in [1.807, 2.05) is 13.8 Å². The number of hydrogen-bond donors (Lipinski definition) is 0. The van der Waals surface area contributed by atoms with Crippen LogP contribution in [0.4, 0.5) is 0 Å². The number of halogens is 1. The highest BCUT2D eigenvalue weighted by atomic mass is 127. The maximum absolute atomic E-state index is 10.9. The minimum Gasteiger partial charge on any atom is -0.459 e. The quantitative estimate of drug-likeness (QED) is 0.436. The van der Waals surface area contributed by atoms with Crippen LogP contribution in [0.1, 0.15) is 26.7 Å². The van der Waals surface area contributed by atoms with E-state index in [4.69, 9.17) is 4.74 Å². The molecule has 11 heavy (non-hydrogen) atoms. The molecule has 1 saturated heterocycles. The molecule has 0 aromatic carbocycles. The van der Waals surface area contributed by atoms with E-state index in [1.54, 1.807) is 0 Å². The summed E-state index contributed by atoms with van der Waals surface area (Å²) in [6.07, 6.45) is 1.69. The lowest BCUT2D eigenvalue weighted by atomic mass is 9.89. The molecule has 0 saturated carbocycles. The second-order valence-corrected chi connectivity index (χ2v) is 4.53. The molecule has 1 aliphatic rings. The van der Waals surface area contributed by atoms with E-state index in [2.05, 4.69) is 22.6 Å². The summed E-state index contributed by atoms with van der Waals surface area (Å²) in [6.45, 7) is 3.99. The van der Waals surface area contributed by atoms with Gasteiger partial charge in [0.2, 0.25) is 0 Å². The molecule has 0 amide bonds. The van der Waals surface area contributed by atoms with E-state index in [1.165, 1.54) is 0 Å². The zero-order chi connectivity index (χ0) is 8.48. The summed E-state index contributed by atoms with van der Waals surface area (Å²) in [5.41, 5.74) is -0.220. The van der Waals surface area contributed by atoms with Crippen LogP contribution >= 0.6 is 22.6 Å². The number of cyclic esters (lactones) is 1. The average Bonchev–Trinajstić information content (AvgIpc) is 2.07. The van der Waals surface area contributed by atoms with Gasteiger partial charge in [0.15, 0.2) is 0 Å². The Balaban J connectivity index is 2.58. The molecule has 1 rings (SSSR count). The molecule has 0 N–H and O–H groups in total. The van der Waals surface area contributed by atoms with Crippen LogP contribution in [0.3, 0.4) is 0 Å². The molecular weight excluding hydrogens is 255 g/mol. The fourth-order valence-electron chi connectivity index (χ4n) is 1.45. The van der Waals surface area contributed by atoms with E-state index >= 15 is 0 Å². The van der Waals surface area contributed by atoms with Gasteiger partial charge in [-0.1, -0.05) is 22.6 Å². The van der Waals surface area contributed by atoms with Crippen molar-refractivity contribution in [1.29, 1.82) is 0 Å². The first kappa shape index (κ1) is 9.29. The Morgan fingerprint density at radius 3 is 2.73 bits per heavy atom. The Hall–Kier alpha value is 0.200. The van der Waals surface area contributed by atoms with Crippen molar-refractivity contribution < 1.29 is 9.53 Å². The van der Waals surface area contributed by atoms with Crippen LogP contribution in [0.5, 0.6) is 0 Å². The molecule has 0 aromatic rings. The third-order valence-electron chi connectivity index (χ3n) is 2.23. The highest BCUT2D eigenvalue weighted by molar-refractivity contribution is 14.1. The molecule has 1 aliphatic heterocycles.